The third-order valence-electron chi connectivity index (χ3n) is 3.06. The van der Waals surface area contributed by atoms with Crippen LogP contribution >= 0.6 is 0 Å². The predicted octanol–water partition coefficient (Wildman–Crippen LogP) is 0.497. The summed E-state index contributed by atoms with van der Waals surface area (Å²) < 4.78 is 0.942. The molecule has 0 aliphatic heterocycles. The van der Waals surface area contributed by atoms with Gasteiger partial charge in [0.1, 0.15) is 5.69 Å². The largest absolute Gasteiger partial charge is 0.481 e. The minimum absolute atomic E-state index is 0.0145. The topological polar surface area (TPSA) is 118 Å². The molecule has 0 aliphatic carbocycles. The molecule has 0 fully saturated rings. The number of carbonyl (C=O) groups is 1. The monoisotopic (exact) mass is 269 g/mol. The Bertz CT molecular complexity index is 573. The van der Waals surface area contributed by atoms with Crippen LogP contribution in [0, 0.1) is 0 Å². The third-order valence-corrected chi connectivity index (χ3v) is 3.06. The number of nitrogens with one attached hydrogen (secondary N) is 1. The highest BCUT2D eigenvalue weighted by atomic mass is 16.4. The number of anilines is 1. The Morgan fingerprint density at radius 3 is 2.53 bits per heavy atom. The summed E-state index contributed by atoms with van der Waals surface area (Å²) in [5, 5.41) is 9.20. The molecule has 1 heterocycles. The van der Waals surface area contributed by atoms with E-state index in [9.17, 15) is 19.5 Å². The van der Waals surface area contributed by atoms with Crippen molar-refractivity contribution >= 4 is 11.7 Å². The summed E-state index contributed by atoms with van der Waals surface area (Å²) >= 11 is 0. The van der Waals surface area contributed by atoms with E-state index in [1.54, 1.807) is 6.92 Å². The summed E-state index contributed by atoms with van der Waals surface area (Å²) in [7, 11) is 0. The molecule has 0 aliphatic rings. The molecule has 1 rings (SSSR count). The van der Waals surface area contributed by atoms with Gasteiger partial charge in [-0.05, 0) is 13.3 Å². The Hall–Kier alpha value is -2.05. The number of nitrogen functional groups attached to an aromatic ring is 1. The quantitative estimate of drug-likeness (QED) is 0.694. The van der Waals surface area contributed by atoms with Gasteiger partial charge in [0.2, 0.25) is 0 Å². The lowest BCUT2D eigenvalue weighted by Crippen LogP contribution is -2.38. The first kappa shape index (κ1) is 15.0. The number of aliphatic carboxylic acids is 1. The summed E-state index contributed by atoms with van der Waals surface area (Å²) in [6, 6.07) is 0. The molecule has 4 N–H and O–H groups in total. The van der Waals surface area contributed by atoms with Crippen molar-refractivity contribution in [2.45, 2.75) is 45.6 Å². The molecule has 0 spiro atoms. The summed E-state index contributed by atoms with van der Waals surface area (Å²) in [5.74, 6) is -2.05. The second-order valence-electron chi connectivity index (χ2n) is 4.34. The summed E-state index contributed by atoms with van der Waals surface area (Å²) in [6.45, 7) is 3.76. The lowest BCUT2D eigenvalue weighted by molar-refractivity contribution is -0.139. The van der Waals surface area contributed by atoms with Gasteiger partial charge >= 0.3 is 11.7 Å². The fourth-order valence-corrected chi connectivity index (χ4v) is 1.96. The van der Waals surface area contributed by atoms with Gasteiger partial charge in [0.25, 0.3) is 5.56 Å². The predicted molar refractivity (Wildman–Crippen MR) is 71.3 cm³/mol. The maximum Gasteiger partial charge on any atom is 0.328 e. The first-order chi connectivity index (χ1) is 8.93. The van der Waals surface area contributed by atoms with E-state index in [0.29, 0.717) is 12.8 Å². The molecule has 1 aromatic heterocycles. The molecule has 19 heavy (non-hydrogen) atoms. The SMILES string of the molecule is CCCCC(C(=O)O)c1[nH]c(=O)n(CC)c(=O)c1N. The van der Waals surface area contributed by atoms with Gasteiger partial charge in [0.05, 0.1) is 11.6 Å². The van der Waals surface area contributed by atoms with E-state index in [0.717, 1.165) is 11.0 Å². The van der Waals surface area contributed by atoms with Crippen molar-refractivity contribution < 1.29 is 9.90 Å². The van der Waals surface area contributed by atoms with Gasteiger partial charge in [0, 0.05) is 6.54 Å². The van der Waals surface area contributed by atoms with E-state index in [4.69, 9.17) is 5.73 Å². The zero-order valence-electron chi connectivity index (χ0n) is 11.1. The number of H-pyrrole nitrogens is 1. The molecule has 7 nitrogen and oxygen atoms in total. The molecule has 0 amide bonds. The highest BCUT2D eigenvalue weighted by Gasteiger charge is 2.25. The Morgan fingerprint density at radius 2 is 2.05 bits per heavy atom. The van der Waals surface area contributed by atoms with Gasteiger partial charge in [-0.1, -0.05) is 19.8 Å². The average molecular weight is 269 g/mol. The average Bonchev–Trinajstić information content (AvgIpc) is 2.35. The number of unbranched alkanes of at least 4 members (excludes halogenated alkanes) is 1. The maximum absolute atomic E-state index is 11.9. The van der Waals surface area contributed by atoms with Crippen molar-refractivity contribution in [3.05, 3.63) is 26.5 Å². The molecule has 1 unspecified atom stereocenters. The molecule has 0 radical (unpaired) electrons. The summed E-state index contributed by atoms with van der Waals surface area (Å²) in [4.78, 5) is 37.2. The molecular weight excluding hydrogens is 250 g/mol. The van der Waals surface area contributed by atoms with Crippen LogP contribution in [0.1, 0.15) is 44.7 Å². The van der Waals surface area contributed by atoms with Crippen molar-refractivity contribution in [3.8, 4) is 0 Å². The number of nitrogens with two attached hydrogens (primary N) is 1. The van der Waals surface area contributed by atoms with E-state index in [-0.39, 0.29) is 17.9 Å². The number of aromatic nitrogens is 2. The van der Waals surface area contributed by atoms with E-state index in [1.165, 1.54) is 0 Å². The standard InChI is InChI=1S/C12H19N3O4/c1-3-5-6-7(11(17)18)9-8(13)10(16)15(4-2)12(19)14-9/h7H,3-6,13H2,1-2H3,(H,14,19)(H,17,18). The van der Waals surface area contributed by atoms with Crippen LogP contribution in [0.15, 0.2) is 9.59 Å². The van der Waals surface area contributed by atoms with Gasteiger partial charge in [-0.3, -0.25) is 14.2 Å². The highest BCUT2D eigenvalue weighted by Crippen LogP contribution is 2.22. The number of hydrogen-bond donors (Lipinski definition) is 3. The van der Waals surface area contributed by atoms with Gasteiger partial charge in [-0.15, -0.1) is 0 Å². The number of hydrogen-bond acceptors (Lipinski definition) is 4. The van der Waals surface area contributed by atoms with Crippen LogP contribution in [0.25, 0.3) is 0 Å². The molecule has 7 heteroatoms. The van der Waals surface area contributed by atoms with E-state index < -0.39 is 23.1 Å². The fraction of sp³-hybridized carbons (Fsp3) is 0.583. The van der Waals surface area contributed by atoms with Crippen molar-refractivity contribution in [3.63, 3.8) is 0 Å². The molecule has 106 valence electrons. The number of carboxylic acids is 1. The van der Waals surface area contributed by atoms with E-state index in [2.05, 4.69) is 4.98 Å². The Labute approximate surface area is 110 Å². The van der Waals surface area contributed by atoms with Gasteiger partial charge in [-0.2, -0.15) is 0 Å². The van der Waals surface area contributed by atoms with Crippen molar-refractivity contribution in [2.24, 2.45) is 0 Å². The molecule has 0 bridgehead atoms. The summed E-state index contributed by atoms with van der Waals surface area (Å²) in [5.41, 5.74) is 4.24. The molecule has 0 saturated heterocycles. The van der Waals surface area contributed by atoms with Crippen LogP contribution in [0.3, 0.4) is 0 Å². The second kappa shape index (κ2) is 6.21. The van der Waals surface area contributed by atoms with Crippen LogP contribution < -0.4 is 17.0 Å². The zero-order valence-corrected chi connectivity index (χ0v) is 11.1. The molecule has 1 atom stereocenters. The maximum atomic E-state index is 11.9. The number of aromatic amines is 1. The minimum atomic E-state index is -1.09. The second-order valence-corrected chi connectivity index (χ2v) is 4.34. The van der Waals surface area contributed by atoms with Gasteiger partial charge in [-0.25, -0.2) is 4.79 Å². The Morgan fingerprint density at radius 1 is 1.42 bits per heavy atom. The van der Waals surface area contributed by atoms with Gasteiger partial charge < -0.3 is 15.8 Å². The van der Waals surface area contributed by atoms with E-state index in [1.807, 2.05) is 6.92 Å². The van der Waals surface area contributed by atoms with Crippen LogP contribution in [0.4, 0.5) is 5.69 Å². The smallest absolute Gasteiger partial charge is 0.328 e. The normalized spacial score (nSPS) is 12.3. The summed E-state index contributed by atoms with van der Waals surface area (Å²) in [6.07, 6.45) is 1.83. The number of carboxylic acid groups (broad SMARTS) is 1. The Kier molecular flexibility index (Phi) is 4.91. The van der Waals surface area contributed by atoms with E-state index >= 15 is 0 Å². The van der Waals surface area contributed by atoms with Crippen molar-refractivity contribution in [1.82, 2.24) is 9.55 Å². The molecule has 0 saturated carbocycles. The number of nitrogens with zero attached hydrogens (tertiary/aromatic N) is 1. The third kappa shape index (κ3) is 3.04. The first-order valence-corrected chi connectivity index (χ1v) is 6.29. The lowest BCUT2D eigenvalue weighted by atomic mass is 9.97. The van der Waals surface area contributed by atoms with Gasteiger partial charge in [0.15, 0.2) is 0 Å². The van der Waals surface area contributed by atoms with Crippen LogP contribution in [0.2, 0.25) is 0 Å². The number of rotatable bonds is 6. The van der Waals surface area contributed by atoms with Crippen molar-refractivity contribution in [2.75, 3.05) is 5.73 Å². The van der Waals surface area contributed by atoms with Crippen LogP contribution in [0.5, 0.6) is 0 Å². The molecule has 1 aromatic rings. The first-order valence-electron chi connectivity index (χ1n) is 6.29. The highest BCUT2D eigenvalue weighted by molar-refractivity contribution is 5.77. The molecular formula is C12H19N3O4. The lowest BCUT2D eigenvalue weighted by Gasteiger charge is -2.15. The Balaban J connectivity index is 3.36. The van der Waals surface area contributed by atoms with Crippen LogP contribution in [-0.2, 0) is 11.3 Å². The van der Waals surface area contributed by atoms with Crippen molar-refractivity contribution in [1.29, 1.82) is 0 Å². The molecule has 0 aromatic carbocycles. The van der Waals surface area contributed by atoms with Crippen LogP contribution in [-0.4, -0.2) is 20.6 Å². The minimum Gasteiger partial charge on any atom is -0.481 e. The fourth-order valence-electron chi connectivity index (χ4n) is 1.96. The zero-order chi connectivity index (χ0) is 14.6.